The lowest BCUT2D eigenvalue weighted by molar-refractivity contribution is 0.574. The minimum atomic E-state index is -0.0403. The summed E-state index contributed by atoms with van der Waals surface area (Å²) >= 11 is 0. The van der Waals surface area contributed by atoms with Crippen molar-refractivity contribution in [2.75, 3.05) is 16.8 Å². The second-order valence-electron chi connectivity index (χ2n) is 5.77. The highest BCUT2D eigenvalue weighted by atomic mass is 15.4. The van der Waals surface area contributed by atoms with E-state index in [9.17, 15) is 0 Å². The molecule has 1 aliphatic rings. The Balaban J connectivity index is 1.59. The summed E-state index contributed by atoms with van der Waals surface area (Å²) < 4.78 is 1.52. The van der Waals surface area contributed by atoms with Crippen LogP contribution in [-0.2, 0) is 0 Å². The van der Waals surface area contributed by atoms with E-state index in [1.54, 1.807) is 6.07 Å². The molecular weight excluding hydrogens is 318 g/mol. The Morgan fingerprint density at radius 1 is 1.28 bits per heavy atom. The van der Waals surface area contributed by atoms with E-state index in [1.807, 2.05) is 24.3 Å². The zero-order valence-electron chi connectivity index (χ0n) is 13.7. The molecule has 1 unspecified atom stereocenters. The zero-order valence-corrected chi connectivity index (χ0v) is 13.7. The molecule has 9 heteroatoms. The summed E-state index contributed by atoms with van der Waals surface area (Å²) in [5.74, 6) is 1.96. The Morgan fingerprint density at radius 3 is 2.96 bits per heavy atom. The van der Waals surface area contributed by atoms with Crippen molar-refractivity contribution in [3.05, 3.63) is 42.1 Å². The van der Waals surface area contributed by atoms with Gasteiger partial charge in [-0.2, -0.15) is 9.62 Å². The van der Waals surface area contributed by atoms with Crippen LogP contribution < -0.4 is 27.5 Å². The summed E-state index contributed by atoms with van der Waals surface area (Å²) in [5.41, 5.74) is 18.0. The number of hydrazone groups is 1. The van der Waals surface area contributed by atoms with Gasteiger partial charge >= 0.3 is 0 Å². The van der Waals surface area contributed by atoms with E-state index in [2.05, 4.69) is 38.2 Å². The van der Waals surface area contributed by atoms with E-state index in [-0.39, 0.29) is 6.17 Å². The average molecular weight is 337 g/mol. The first-order valence-corrected chi connectivity index (χ1v) is 7.99. The number of nitrogens with one attached hydrogen (secondary N) is 3. The quantitative estimate of drug-likeness (QED) is 0.488. The minimum Gasteiger partial charge on any atom is -0.396 e. The Kier molecular flexibility index (Phi) is 3.53. The maximum absolute atomic E-state index is 6.03. The normalized spacial score (nSPS) is 16.4. The molecule has 128 valence electrons. The van der Waals surface area contributed by atoms with Crippen molar-refractivity contribution in [1.82, 2.24) is 25.3 Å². The number of fused-ring (bicyclic) bond motifs is 1. The van der Waals surface area contributed by atoms with Crippen molar-refractivity contribution >= 4 is 34.5 Å². The molecular formula is C16H19N9. The highest BCUT2D eigenvalue weighted by molar-refractivity contribution is 5.83. The molecule has 4 rings (SSSR count). The number of amidine groups is 1. The van der Waals surface area contributed by atoms with Crippen molar-refractivity contribution in [2.24, 2.45) is 5.10 Å². The van der Waals surface area contributed by atoms with Crippen LogP contribution in [-0.4, -0.2) is 20.4 Å². The minimum absolute atomic E-state index is 0.0403. The van der Waals surface area contributed by atoms with Gasteiger partial charge in [-0.25, -0.2) is 4.98 Å². The largest absolute Gasteiger partial charge is 0.396 e. The molecule has 1 aromatic carbocycles. The lowest BCUT2D eigenvalue weighted by atomic mass is 10.1. The molecule has 3 heterocycles. The van der Waals surface area contributed by atoms with Gasteiger partial charge in [0.15, 0.2) is 11.5 Å². The van der Waals surface area contributed by atoms with E-state index in [0.29, 0.717) is 23.0 Å². The van der Waals surface area contributed by atoms with E-state index in [1.165, 1.54) is 10.7 Å². The third-order valence-electron chi connectivity index (χ3n) is 3.99. The second-order valence-corrected chi connectivity index (χ2v) is 5.77. The van der Waals surface area contributed by atoms with Gasteiger partial charge in [0.1, 0.15) is 17.8 Å². The molecule has 0 amide bonds. The van der Waals surface area contributed by atoms with Crippen molar-refractivity contribution in [3.63, 3.8) is 0 Å². The highest BCUT2D eigenvalue weighted by Gasteiger charge is 2.17. The molecule has 0 saturated carbocycles. The van der Waals surface area contributed by atoms with Gasteiger partial charge in [0.2, 0.25) is 0 Å². The number of aromatic nitrogens is 3. The summed E-state index contributed by atoms with van der Waals surface area (Å²) in [6, 6.07) is 9.72. The molecule has 9 nitrogen and oxygen atoms in total. The molecule has 25 heavy (non-hydrogen) atoms. The zero-order chi connectivity index (χ0) is 17.4. The molecule has 1 atom stereocenters. The number of imidazole rings is 1. The van der Waals surface area contributed by atoms with Crippen LogP contribution in [0.2, 0.25) is 0 Å². The van der Waals surface area contributed by atoms with Crippen molar-refractivity contribution in [3.8, 4) is 0 Å². The topological polar surface area (TPSA) is 131 Å². The summed E-state index contributed by atoms with van der Waals surface area (Å²) in [4.78, 5) is 4.14. The molecule has 0 aliphatic carbocycles. The molecule has 2 aromatic heterocycles. The van der Waals surface area contributed by atoms with E-state index in [4.69, 9.17) is 11.5 Å². The fourth-order valence-corrected chi connectivity index (χ4v) is 2.73. The molecule has 1 aliphatic heterocycles. The Labute approximate surface area is 144 Å². The maximum Gasteiger partial charge on any atom is 0.179 e. The third kappa shape index (κ3) is 2.75. The first-order valence-electron chi connectivity index (χ1n) is 7.99. The van der Waals surface area contributed by atoms with Gasteiger partial charge in [-0.15, -0.1) is 5.10 Å². The summed E-state index contributed by atoms with van der Waals surface area (Å²) in [5, 5.41) is 15.3. The Morgan fingerprint density at radius 2 is 2.16 bits per heavy atom. The monoisotopic (exact) mass is 337 g/mol. The van der Waals surface area contributed by atoms with Crippen LogP contribution in [0.1, 0.15) is 25.1 Å². The van der Waals surface area contributed by atoms with Crippen LogP contribution >= 0.6 is 0 Å². The number of nitrogens with zero attached hydrogens (tertiary/aromatic N) is 4. The fraction of sp³-hybridized carbons (Fsp3) is 0.188. The van der Waals surface area contributed by atoms with Gasteiger partial charge in [0, 0.05) is 18.2 Å². The number of hydrogen-bond donors (Lipinski definition) is 5. The summed E-state index contributed by atoms with van der Waals surface area (Å²) in [6.07, 6.45) is 2.35. The Bertz CT molecular complexity index is 959. The number of anilines is 4. The SMILES string of the molecule is CCC1=NNC(c2cccc(Nc3cc(N)c4ncc(N)n4n3)c2)N1. The maximum atomic E-state index is 6.03. The molecule has 0 bridgehead atoms. The third-order valence-corrected chi connectivity index (χ3v) is 3.99. The second kappa shape index (κ2) is 5.86. The van der Waals surface area contributed by atoms with Gasteiger partial charge in [0.05, 0.1) is 11.9 Å². The van der Waals surface area contributed by atoms with E-state index in [0.717, 1.165) is 23.5 Å². The molecule has 0 saturated heterocycles. The lowest BCUT2D eigenvalue weighted by Gasteiger charge is -2.14. The predicted octanol–water partition coefficient (Wildman–Crippen LogP) is 1.55. The molecule has 0 fully saturated rings. The number of rotatable bonds is 4. The van der Waals surface area contributed by atoms with Gasteiger partial charge in [-0.3, -0.25) is 5.43 Å². The average Bonchev–Trinajstić information content (AvgIpc) is 3.23. The van der Waals surface area contributed by atoms with Crippen LogP contribution in [0.4, 0.5) is 23.0 Å². The summed E-state index contributed by atoms with van der Waals surface area (Å²) in [7, 11) is 0. The van der Waals surface area contributed by atoms with Crippen LogP contribution in [0.15, 0.2) is 41.6 Å². The summed E-state index contributed by atoms with van der Waals surface area (Å²) in [6.45, 7) is 2.06. The smallest absolute Gasteiger partial charge is 0.179 e. The Hall–Kier alpha value is -3.49. The van der Waals surface area contributed by atoms with E-state index < -0.39 is 0 Å². The first kappa shape index (κ1) is 15.1. The van der Waals surface area contributed by atoms with Crippen molar-refractivity contribution < 1.29 is 0 Å². The van der Waals surface area contributed by atoms with Gasteiger partial charge in [-0.05, 0) is 17.7 Å². The number of hydrogen-bond acceptors (Lipinski definition) is 8. The van der Waals surface area contributed by atoms with Gasteiger partial charge in [0.25, 0.3) is 0 Å². The molecule has 3 aromatic rings. The van der Waals surface area contributed by atoms with Gasteiger partial charge in [-0.1, -0.05) is 19.1 Å². The molecule has 0 spiro atoms. The standard InChI is InChI=1S/C16H19N9/c1-2-13-21-15(23-22-13)9-4-3-5-10(6-9)20-14-7-11(17)16-19-8-12(18)25(16)24-14/h3-8,15,23H,2,17-18H2,1H3,(H,20,24)(H,21,22). The number of nitrogens with two attached hydrogens (primary N) is 2. The fourth-order valence-electron chi connectivity index (χ4n) is 2.73. The highest BCUT2D eigenvalue weighted by Crippen LogP contribution is 2.23. The van der Waals surface area contributed by atoms with E-state index >= 15 is 0 Å². The van der Waals surface area contributed by atoms with Crippen LogP contribution in [0.25, 0.3) is 5.65 Å². The first-order chi connectivity index (χ1) is 12.1. The number of benzene rings is 1. The predicted molar refractivity (Wildman–Crippen MR) is 98.3 cm³/mol. The van der Waals surface area contributed by atoms with Crippen molar-refractivity contribution in [1.29, 1.82) is 0 Å². The van der Waals surface area contributed by atoms with Crippen LogP contribution in [0.3, 0.4) is 0 Å². The van der Waals surface area contributed by atoms with Crippen molar-refractivity contribution in [2.45, 2.75) is 19.5 Å². The molecule has 0 radical (unpaired) electrons. The van der Waals surface area contributed by atoms with Crippen LogP contribution in [0.5, 0.6) is 0 Å². The number of nitrogen functional groups attached to an aromatic ring is 2. The van der Waals surface area contributed by atoms with Crippen LogP contribution in [0, 0.1) is 0 Å². The lowest BCUT2D eigenvalue weighted by Crippen LogP contribution is -2.26. The molecule has 7 N–H and O–H groups in total. The van der Waals surface area contributed by atoms with Gasteiger partial charge < -0.3 is 22.1 Å².